The third kappa shape index (κ3) is 2.52. The highest BCUT2D eigenvalue weighted by atomic mass is 35.5. The molecule has 2 N–H and O–H groups in total. The molecule has 20 heavy (non-hydrogen) atoms. The number of ether oxygens (including phenoxy) is 1. The first-order chi connectivity index (χ1) is 9.31. The molecule has 1 aromatic heterocycles. The number of rotatable bonds is 3. The van der Waals surface area contributed by atoms with Crippen molar-refractivity contribution in [3.63, 3.8) is 0 Å². The van der Waals surface area contributed by atoms with Crippen molar-refractivity contribution in [3.8, 4) is 5.75 Å². The summed E-state index contributed by atoms with van der Waals surface area (Å²) in [6.07, 6.45) is 0. The highest BCUT2D eigenvalue weighted by Gasteiger charge is 2.17. The molecule has 0 aliphatic rings. The molecule has 0 unspecified atom stereocenters. The number of hydrogen-bond acceptors (Lipinski definition) is 3. The van der Waals surface area contributed by atoms with Gasteiger partial charge in [-0.05, 0) is 39.2 Å². The molecule has 1 heterocycles. The summed E-state index contributed by atoms with van der Waals surface area (Å²) < 4.78 is 5.50. The summed E-state index contributed by atoms with van der Waals surface area (Å²) in [5, 5.41) is 6.48. The van der Waals surface area contributed by atoms with Crippen molar-refractivity contribution in [1.29, 1.82) is 0 Å². The topological polar surface area (TPSA) is 35.2 Å². The van der Waals surface area contributed by atoms with E-state index in [-0.39, 0.29) is 18.4 Å². The summed E-state index contributed by atoms with van der Waals surface area (Å²) >= 11 is 1.66. The number of hydrogen-bond donors (Lipinski definition) is 1. The Hall–Kier alpha value is -1.55. The summed E-state index contributed by atoms with van der Waals surface area (Å²) in [5.74, 6) is 0.845. The molecule has 0 aliphatic carbocycles. The van der Waals surface area contributed by atoms with E-state index >= 15 is 0 Å². The molecule has 0 radical (unpaired) electrons. The van der Waals surface area contributed by atoms with Crippen LogP contribution in [-0.2, 0) is 0 Å². The van der Waals surface area contributed by atoms with Gasteiger partial charge in [0.15, 0.2) is 0 Å². The Morgan fingerprint density at radius 3 is 2.60 bits per heavy atom. The van der Waals surface area contributed by atoms with E-state index in [1.165, 1.54) is 5.39 Å². The van der Waals surface area contributed by atoms with Crippen LogP contribution in [0.15, 0.2) is 53.2 Å². The largest absolute Gasteiger partial charge is 0.496 e. The molecule has 3 rings (SSSR count). The van der Waals surface area contributed by atoms with Crippen molar-refractivity contribution in [2.75, 3.05) is 7.11 Å². The molecule has 2 aromatic carbocycles. The SMILES string of the molecule is COc1ccc2ccccc2c1[C@@H](N)c1ccsc1.Cl. The summed E-state index contributed by atoms with van der Waals surface area (Å²) in [6, 6.07) is 14.2. The van der Waals surface area contributed by atoms with Crippen LogP contribution >= 0.6 is 23.7 Å². The van der Waals surface area contributed by atoms with E-state index in [9.17, 15) is 0 Å². The van der Waals surface area contributed by atoms with Gasteiger partial charge in [-0.2, -0.15) is 11.3 Å². The van der Waals surface area contributed by atoms with Crippen LogP contribution in [0.25, 0.3) is 10.8 Å². The molecule has 0 spiro atoms. The van der Waals surface area contributed by atoms with Crippen molar-refractivity contribution < 1.29 is 4.74 Å². The molecule has 0 aliphatic heterocycles. The minimum atomic E-state index is -0.160. The lowest BCUT2D eigenvalue weighted by molar-refractivity contribution is 0.409. The molecule has 0 saturated heterocycles. The van der Waals surface area contributed by atoms with Crippen LogP contribution in [0.1, 0.15) is 17.2 Å². The minimum Gasteiger partial charge on any atom is -0.496 e. The van der Waals surface area contributed by atoms with E-state index < -0.39 is 0 Å². The normalized spacial score (nSPS) is 11.9. The summed E-state index contributed by atoms with van der Waals surface area (Å²) in [5.41, 5.74) is 8.61. The molecule has 0 saturated carbocycles. The molecular weight excluding hydrogens is 290 g/mol. The van der Waals surface area contributed by atoms with Gasteiger partial charge in [0.2, 0.25) is 0 Å². The zero-order chi connectivity index (χ0) is 13.2. The second-order valence-corrected chi connectivity index (χ2v) is 5.22. The fourth-order valence-electron chi connectivity index (χ4n) is 2.39. The quantitative estimate of drug-likeness (QED) is 0.779. The van der Waals surface area contributed by atoms with E-state index in [0.29, 0.717) is 0 Å². The Morgan fingerprint density at radius 1 is 1.10 bits per heavy atom. The monoisotopic (exact) mass is 305 g/mol. The van der Waals surface area contributed by atoms with Crippen LogP contribution in [0.4, 0.5) is 0 Å². The van der Waals surface area contributed by atoms with Crippen LogP contribution in [-0.4, -0.2) is 7.11 Å². The van der Waals surface area contributed by atoms with E-state index in [2.05, 4.69) is 29.6 Å². The predicted molar refractivity (Wildman–Crippen MR) is 88.1 cm³/mol. The third-order valence-corrected chi connectivity index (χ3v) is 4.07. The molecule has 4 heteroatoms. The Kier molecular flexibility index (Phi) is 4.65. The first kappa shape index (κ1) is 14.9. The van der Waals surface area contributed by atoms with Gasteiger partial charge in [0.1, 0.15) is 5.75 Å². The maximum atomic E-state index is 6.43. The number of halogens is 1. The summed E-state index contributed by atoms with van der Waals surface area (Å²) in [7, 11) is 1.69. The summed E-state index contributed by atoms with van der Waals surface area (Å²) in [4.78, 5) is 0. The lowest BCUT2D eigenvalue weighted by atomic mass is 9.95. The van der Waals surface area contributed by atoms with Gasteiger partial charge in [0.25, 0.3) is 0 Å². The number of fused-ring (bicyclic) bond motifs is 1. The van der Waals surface area contributed by atoms with Crippen molar-refractivity contribution in [2.45, 2.75) is 6.04 Å². The second-order valence-electron chi connectivity index (χ2n) is 4.44. The molecule has 3 aromatic rings. The van der Waals surface area contributed by atoms with Gasteiger partial charge in [-0.25, -0.2) is 0 Å². The lowest BCUT2D eigenvalue weighted by Crippen LogP contribution is -2.12. The van der Waals surface area contributed by atoms with E-state index in [1.807, 2.05) is 23.6 Å². The Labute approximate surface area is 128 Å². The Morgan fingerprint density at radius 2 is 1.90 bits per heavy atom. The van der Waals surface area contributed by atoms with Crippen LogP contribution in [0, 0.1) is 0 Å². The summed E-state index contributed by atoms with van der Waals surface area (Å²) in [6.45, 7) is 0. The maximum Gasteiger partial charge on any atom is 0.124 e. The number of methoxy groups -OCH3 is 1. The first-order valence-electron chi connectivity index (χ1n) is 6.14. The molecular formula is C16H16ClNOS. The van der Waals surface area contributed by atoms with Gasteiger partial charge in [-0.15, -0.1) is 12.4 Å². The van der Waals surface area contributed by atoms with Crippen LogP contribution in [0.3, 0.4) is 0 Å². The zero-order valence-corrected chi connectivity index (χ0v) is 12.7. The Bertz CT molecular complexity index is 697. The number of benzene rings is 2. The predicted octanol–water partition coefficient (Wildman–Crippen LogP) is 4.38. The van der Waals surface area contributed by atoms with Gasteiger partial charge < -0.3 is 10.5 Å². The van der Waals surface area contributed by atoms with Gasteiger partial charge in [-0.1, -0.05) is 30.3 Å². The van der Waals surface area contributed by atoms with E-state index in [4.69, 9.17) is 10.5 Å². The second kappa shape index (κ2) is 6.27. The lowest BCUT2D eigenvalue weighted by Gasteiger charge is -2.17. The molecule has 2 nitrogen and oxygen atoms in total. The number of thiophene rings is 1. The first-order valence-corrected chi connectivity index (χ1v) is 7.09. The molecule has 104 valence electrons. The average molecular weight is 306 g/mol. The fraction of sp³-hybridized carbons (Fsp3) is 0.125. The van der Waals surface area contributed by atoms with Gasteiger partial charge >= 0.3 is 0 Å². The minimum absolute atomic E-state index is 0. The van der Waals surface area contributed by atoms with Gasteiger partial charge in [-0.3, -0.25) is 0 Å². The average Bonchev–Trinajstić information content (AvgIpc) is 2.99. The highest BCUT2D eigenvalue weighted by molar-refractivity contribution is 7.08. The number of nitrogens with two attached hydrogens (primary N) is 1. The molecule has 0 fully saturated rings. The van der Waals surface area contributed by atoms with E-state index in [1.54, 1.807) is 18.4 Å². The van der Waals surface area contributed by atoms with Crippen molar-refractivity contribution in [3.05, 3.63) is 64.4 Å². The third-order valence-electron chi connectivity index (χ3n) is 3.36. The Balaban J connectivity index is 0.00000147. The van der Waals surface area contributed by atoms with Crippen LogP contribution < -0.4 is 10.5 Å². The van der Waals surface area contributed by atoms with Gasteiger partial charge in [0, 0.05) is 5.56 Å². The standard InChI is InChI=1S/C16H15NOS.ClH/c1-18-14-7-6-11-4-2-3-5-13(11)15(14)16(17)12-8-9-19-10-12;/h2-10,16H,17H2,1H3;1H/t16-;/m0./s1. The zero-order valence-electron chi connectivity index (χ0n) is 11.1. The molecule has 0 amide bonds. The van der Waals surface area contributed by atoms with Crippen LogP contribution in [0.2, 0.25) is 0 Å². The smallest absolute Gasteiger partial charge is 0.124 e. The molecule has 0 bridgehead atoms. The van der Waals surface area contributed by atoms with Crippen molar-refractivity contribution in [2.24, 2.45) is 5.73 Å². The maximum absolute atomic E-state index is 6.43. The fourth-order valence-corrected chi connectivity index (χ4v) is 3.09. The van der Waals surface area contributed by atoms with Crippen LogP contribution in [0.5, 0.6) is 5.75 Å². The van der Waals surface area contributed by atoms with Crippen molar-refractivity contribution >= 4 is 34.5 Å². The van der Waals surface area contributed by atoms with E-state index in [0.717, 1.165) is 22.3 Å². The van der Waals surface area contributed by atoms with Gasteiger partial charge in [0.05, 0.1) is 13.2 Å². The molecule has 1 atom stereocenters. The highest BCUT2D eigenvalue weighted by Crippen LogP contribution is 2.35. The van der Waals surface area contributed by atoms with Crippen molar-refractivity contribution in [1.82, 2.24) is 0 Å².